The maximum absolute atomic E-state index is 11.7. The summed E-state index contributed by atoms with van der Waals surface area (Å²) in [6.07, 6.45) is 2.34. The van der Waals surface area contributed by atoms with Crippen LogP contribution in [0.5, 0.6) is 0 Å². The molecule has 1 aliphatic rings. The number of nitrogen functional groups attached to an aromatic ring is 1. The van der Waals surface area contributed by atoms with Gasteiger partial charge in [0.05, 0.1) is 5.56 Å². The molecule has 0 spiro atoms. The van der Waals surface area contributed by atoms with Gasteiger partial charge in [-0.05, 0) is 43.4 Å². The summed E-state index contributed by atoms with van der Waals surface area (Å²) in [6, 6.07) is 4.94. The number of aryl methyl sites for hydroxylation is 1. The van der Waals surface area contributed by atoms with Crippen LogP contribution in [-0.4, -0.2) is 25.0 Å². The lowest BCUT2D eigenvalue weighted by atomic mass is 10.1. The van der Waals surface area contributed by atoms with E-state index in [9.17, 15) is 9.59 Å². The van der Waals surface area contributed by atoms with E-state index in [0.717, 1.165) is 5.56 Å². The third kappa shape index (κ3) is 3.98. The highest BCUT2D eigenvalue weighted by Crippen LogP contribution is 2.27. The number of hydrogen-bond donors (Lipinski definition) is 2. The molecule has 0 aromatic heterocycles. The van der Waals surface area contributed by atoms with Gasteiger partial charge in [0, 0.05) is 12.2 Å². The molecule has 0 bridgehead atoms. The minimum Gasteiger partial charge on any atom is -0.452 e. The van der Waals surface area contributed by atoms with E-state index >= 15 is 0 Å². The van der Waals surface area contributed by atoms with Crippen molar-refractivity contribution in [2.75, 3.05) is 18.9 Å². The predicted octanol–water partition coefficient (Wildman–Crippen LogP) is 1.26. The van der Waals surface area contributed by atoms with E-state index in [-0.39, 0.29) is 12.5 Å². The zero-order valence-electron chi connectivity index (χ0n) is 10.9. The molecule has 1 aliphatic carbocycles. The van der Waals surface area contributed by atoms with E-state index < -0.39 is 5.97 Å². The molecule has 1 aromatic rings. The molecule has 5 nitrogen and oxygen atoms in total. The first-order chi connectivity index (χ1) is 9.06. The number of anilines is 1. The highest BCUT2D eigenvalue weighted by Gasteiger charge is 2.21. The standard InChI is InChI=1S/C14H18N2O3/c1-9-2-5-11(6-12(9)15)14(18)19-8-13(17)16-7-10-3-4-10/h2,5-6,10H,3-4,7-8,15H2,1H3,(H,16,17). The van der Waals surface area contributed by atoms with Gasteiger partial charge in [0.15, 0.2) is 6.61 Å². The van der Waals surface area contributed by atoms with Crippen LogP contribution in [0.3, 0.4) is 0 Å². The number of ether oxygens (including phenoxy) is 1. The Bertz CT molecular complexity index is 495. The molecule has 5 heteroatoms. The molecule has 0 saturated heterocycles. The Hall–Kier alpha value is -2.04. The molecule has 1 fully saturated rings. The molecule has 0 unspecified atom stereocenters. The summed E-state index contributed by atoms with van der Waals surface area (Å²) in [5.74, 6) is -0.190. The van der Waals surface area contributed by atoms with Gasteiger partial charge in [-0.15, -0.1) is 0 Å². The van der Waals surface area contributed by atoms with Crippen LogP contribution in [0, 0.1) is 12.8 Å². The van der Waals surface area contributed by atoms with Crippen molar-refractivity contribution in [1.82, 2.24) is 5.32 Å². The molecule has 3 N–H and O–H groups in total. The fourth-order valence-corrected chi connectivity index (χ4v) is 1.61. The molecule has 19 heavy (non-hydrogen) atoms. The first-order valence-electron chi connectivity index (χ1n) is 6.36. The molecule has 1 amide bonds. The van der Waals surface area contributed by atoms with Crippen molar-refractivity contribution in [2.45, 2.75) is 19.8 Å². The first kappa shape index (κ1) is 13.4. The molecular formula is C14H18N2O3. The molecule has 1 aromatic carbocycles. The molecule has 0 radical (unpaired) electrons. The van der Waals surface area contributed by atoms with Crippen LogP contribution in [-0.2, 0) is 9.53 Å². The van der Waals surface area contributed by atoms with Crippen LogP contribution in [0.4, 0.5) is 5.69 Å². The second-order valence-corrected chi connectivity index (χ2v) is 4.89. The zero-order valence-corrected chi connectivity index (χ0v) is 10.9. The SMILES string of the molecule is Cc1ccc(C(=O)OCC(=O)NCC2CC2)cc1N. The minimum absolute atomic E-state index is 0.251. The number of carbonyl (C=O) groups is 2. The van der Waals surface area contributed by atoms with E-state index in [1.54, 1.807) is 18.2 Å². The van der Waals surface area contributed by atoms with Crippen molar-refractivity contribution in [2.24, 2.45) is 5.92 Å². The van der Waals surface area contributed by atoms with E-state index in [1.165, 1.54) is 12.8 Å². The number of rotatable bonds is 5. The first-order valence-corrected chi connectivity index (χ1v) is 6.36. The molecule has 0 atom stereocenters. The van der Waals surface area contributed by atoms with Crippen LogP contribution in [0.1, 0.15) is 28.8 Å². The summed E-state index contributed by atoms with van der Waals surface area (Å²) in [4.78, 5) is 23.1. The summed E-state index contributed by atoms with van der Waals surface area (Å²) >= 11 is 0. The molecule has 2 rings (SSSR count). The van der Waals surface area contributed by atoms with Crippen molar-refractivity contribution >= 4 is 17.6 Å². The molecular weight excluding hydrogens is 244 g/mol. The van der Waals surface area contributed by atoms with Crippen molar-refractivity contribution < 1.29 is 14.3 Å². The third-order valence-corrected chi connectivity index (χ3v) is 3.13. The zero-order chi connectivity index (χ0) is 13.8. The lowest BCUT2D eigenvalue weighted by Crippen LogP contribution is -2.30. The van der Waals surface area contributed by atoms with Gasteiger partial charge >= 0.3 is 5.97 Å². The van der Waals surface area contributed by atoms with Gasteiger partial charge in [-0.3, -0.25) is 4.79 Å². The number of hydrogen-bond acceptors (Lipinski definition) is 4. The summed E-state index contributed by atoms with van der Waals surface area (Å²) < 4.78 is 4.93. The Morgan fingerprint density at radius 3 is 2.79 bits per heavy atom. The topological polar surface area (TPSA) is 81.4 Å². The fourth-order valence-electron chi connectivity index (χ4n) is 1.61. The number of esters is 1. The highest BCUT2D eigenvalue weighted by atomic mass is 16.5. The normalized spacial score (nSPS) is 13.9. The lowest BCUT2D eigenvalue weighted by Gasteiger charge is -2.07. The predicted molar refractivity (Wildman–Crippen MR) is 71.6 cm³/mol. The molecule has 0 heterocycles. The number of nitrogens with one attached hydrogen (secondary N) is 1. The largest absolute Gasteiger partial charge is 0.452 e. The van der Waals surface area contributed by atoms with Gasteiger partial charge in [-0.2, -0.15) is 0 Å². The van der Waals surface area contributed by atoms with E-state index in [1.807, 2.05) is 6.92 Å². The quantitative estimate of drug-likeness (QED) is 0.618. The Morgan fingerprint density at radius 2 is 2.16 bits per heavy atom. The van der Waals surface area contributed by atoms with Gasteiger partial charge in [-0.25, -0.2) is 4.79 Å². The second-order valence-electron chi connectivity index (χ2n) is 4.89. The summed E-state index contributed by atoms with van der Waals surface area (Å²) in [5.41, 5.74) is 7.51. The summed E-state index contributed by atoms with van der Waals surface area (Å²) in [5, 5.41) is 2.73. The summed E-state index contributed by atoms with van der Waals surface area (Å²) in [6.45, 7) is 2.28. The van der Waals surface area contributed by atoms with Crippen molar-refractivity contribution in [1.29, 1.82) is 0 Å². The van der Waals surface area contributed by atoms with E-state index in [0.29, 0.717) is 23.7 Å². The average molecular weight is 262 g/mol. The van der Waals surface area contributed by atoms with Gasteiger partial charge in [0.2, 0.25) is 0 Å². The number of amides is 1. The second kappa shape index (κ2) is 5.73. The van der Waals surface area contributed by atoms with Crippen molar-refractivity contribution in [3.8, 4) is 0 Å². The van der Waals surface area contributed by atoms with Crippen LogP contribution in [0.15, 0.2) is 18.2 Å². The number of benzene rings is 1. The van der Waals surface area contributed by atoms with Gasteiger partial charge in [-0.1, -0.05) is 6.07 Å². The fraction of sp³-hybridized carbons (Fsp3) is 0.429. The third-order valence-electron chi connectivity index (χ3n) is 3.13. The Morgan fingerprint density at radius 1 is 1.42 bits per heavy atom. The highest BCUT2D eigenvalue weighted by molar-refractivity contribution is 5.92. The molecule has 0 aliphatic heterocycles. The smallest absolute Gasteiger partial charge is 0.338 e. The Balaban J connectivity index is 1.79. The monoisotopic (exact) mass is 262 g/mol. The van der Waals surface area contributed by atoms with Crippen molar-refractivity contribution in [3.63, 3.8) is 0 Å². The molecule has 102 valence electrons. The van der Waals surface area contributed by atoms with Crippen LogP contribution in [0.2, 0.25) is 0 Å². The summed E-state index contributed by atoms with van der Waals surface area (Å²) in [7, 11) is 0. The van der Waals surface area contributed by atoms with E-state index in [4.69, 9.17) is 10.5 Å². The average Bonchev–Trinajstić information content (AvgIpc) is 3.20. The van der Waals surface area contributed by atoms with Gasteiger partial charge in [0.25, 0.3) is 5.91 Å². The van der Waals surface area contributed by atoms with Crippen LogP contribution in [0.25, 0.3) is 0 Å². The Kier molecular flexibility index (Phi) is 4.04. The van der Waals surface area contributed by atoms with Crippen molar-refractivity contribution in [3.05, 3.63) is 29.3 Å². The van der Waals surface area contributed by atoms with Crippen LogP contribution >= 0.6 is 0 Å². The number of nitrogens with two attached hydrogens (primary N) is 1. The minimum atomic E-state index is -0.534. The maximum atomic E-state index is 11.7. The van der Waals surface area contributed by atoms with E-state index in [2.05, 4.69) is 5.32 Å². The molecule has 1 saturated carbocycles. The van der Waals surface area contributed by atoms with Gasteiger partial charge in [0.1, 0.15) is 0 Å². The lowest BCUT2D eigenvalue weighted by molar-refractivity contribution is -0.124. The Labute approximate surface area is 112 Å². The number of carbonyl (C=O) groups excluding carboxylic acids is 2. The van der Waals surface area contributed by atoms with Crippen LogP contribution < -0.4 is 11.1 Å². The maximum Gasteiger partial charge on any atom is 0.338 e. The van der Waals surface area contributed by atoms with Gasteiger partial charge < -0.3 is 15.8 Å².